The van der Waals surface area contributed by atoms with Crippen LogP contribution in [0.25, 0.3) is 27.9 Å². The molecule has 0 radical (unpaired) electrons. The third-order valence-corrected chi connectivity index (χ3v) is 5.61. The highest BCUT2D eigenvalue weighted by molar-refractivity contribution is 7.13. The first kappa shape index (κ1) is 20.0. The highest BCUT2D eigenvalue weighted by Crippen LogP contribution is 2.33. The van der Waals surface area contributed by atoms with Crippen LogP contribution in [0.1, 0.15) is 5.56 Å². The predicted molar refractivity (Wildman–Crippen MR) is 122 cm³/mol. The number of para-hydroxylation sites is 1. The SMILES string of the molecule is O=C(/C=C/c1ccccc1Cl)Nc1ccccc1-c1csc(-c2ccccc2F)n1. The summed E-state index contributed by atoms with van der Waals surface area (Å²) >= 11 is 7.48. The average molecular weight is 435 g/mol. The van der Waals surface area contributed by atoms with E-state index in [9.17, 15) is 9.18 Å². The van der Waals surface area contributed by atoms with Gasteiger partial charge in [-0.05, 0) is 35.9 Å². The Kier molecular flexibility index (Phi) is 6.02. The molecule has 1 N–H and O–H groups in total. The van der Waals surface area contributed by atoms with Gasteiger partial charge in [0.05, 0.1) is 11.4 Å². The number of amides is 1. The quantitative estimate of drug-likeness (QED) is 0.346. The first-order valence-corrected chi connectivity index (χ1v) is 10.4. The highest BCUT2D eigenvalue weighted by atomic mass is 35.5. The van der Waals surface area contributed by atoms with Gasteiger partial charge < -0.3 is 5.32 Å². The number of hydrogen-bond acceptors (Lipinski definition) is 3. The fourth-order valence-corrected chi connectivity index (χ4v) is 3.97. The third kappa shape index (κ3) is 4.48. The number of carbonyl (C=O) groups is 1. The number of nitrogens with zero attached hydrogens (tertiary/aromatic N) is 1. The molecule has 0 spiro atoms. The zero-order valence-electron chi connectivity index (χ0n) is 15.7. The molecule has 0 unspecified atom stereocenters. The molecule has 1 aromatic heterocycles. The number of benzene rings is 3. The van der Waals surface area contributed by atoms with Crippen molar-refractivity contribution >= 4 is 40.6 Å². The number of carbonyl (C=O) groups excluding carboxylic acids is 1. The lowest BCUT2D eigenvalue weighted by molar-refractivity contribution is -0.111. The maximum absolute atomic E-state index is 14.1. The van der Waals surface area contributed by atoms with E-state index in [1.165, 1.54) is 23.5 Å². The van der Waals surface area contributed by atoms with Gasteiger partial charge in [-0.2, -0.15) is 0 Å². The molecule has 0 fully saturated rings. The number of anilines is 1. The van der Waals surface area contributed by atoms with Gasteiger partial charge in [0.1, 0.15) is 10.8 Å². The lowest BCUT2D eigenvalue weighted by atomic mass is 10.1. The normalized spacial score (nSPS) is 11.0. The second-order valence-corrected chi connectivity index (χ2v) is 7.67. The summed E-state index contributed by atoms with van der Waals surface area (Å²) in [7, 11) is 0. The van der Waals surface area contributed by atoms with Crippen LogP contribution in [0.2, 0.25) is 5.02 Å². The van der Waals surface area contributed by atoms with Crippen LogP contribution in [0, 0.1) is 5.82 Å². The van der Waals surface area contributed by atoms with Crippen LogP contribution >= 0.6 is 22.9 Å². The Bertz CT molecular complexity index is 1240. The zero-order chi connectivity index (χ0) is 20.9. The third-order valence-electron chi connectivity index (χ3n) is 4.39. The maximum atomic E-state index is 14.1. The fourth-order valence-electron chi connectivity index (χ4n) is 2.92. The van der Waals surface area contributed by atoms with Crippen molar-refractivity contribution in [3.8, 4) is 21.8 Å². The van der Waals surface area contributed by atoms with E-state index in [2.05, 4.69) is 10.3 Å². The molecule has 3 nitrogen and oxygen atoms in total. The predicted octanol–water partition coefficient (Wildman–Crippen LogP) is 6.92. The molecule has 0 aliphatic carbocycles. The summed E-state index contributed by atoms with van der Waals surface area (Å²) in [5.41, 5.74) is 3.27. The minimum absolute atomic E-state index is 0.285. The van der Waals surface area contributed by atoms with Crippen LogP contribution in [0.4, 0.5) is 10.1 Å². The van der Waals surface area contributed by atoms with Crippen molar-refractivity contribution in [3.05, 3.63) is 101 Å². The number of aromatic nitrogens is 1. The lowest BCUT2D eigenvalue weighted by Gasteiger charge is -2.08. The van der Waals surface area contributed by atoms with Crippen molar-refractivity contribution in [3.63, 3.8) is 0 Å². The topological polar surface area (TPSA) is 42.0 Å². The van der Waals surface area contributed by atoms with E-state index in [0.717, 1.165) is 11.1 Å². The van der Waals surface area contributed by atoms with Gasteiger partial charge in [0.25, 0.3) is 0 Å². The molecule has 0 aliphatic heterocycles. The minimum Gasteiger partial charge on any atom is -0.322 e. The van der Waals surface area contributed by atoms with Crippen LogP contribution < -0.4 is 5.32 Å². The van der Waals surface area contributed by atoms with Gasteiger partial charge in [-0.1, -0.05) is 60.1 Å². The lowest BCUT2D eigenvalue weighted by Crippen LogP contribution is -2.08. The van der Waals surface area contributed by atoms with Crippen LogP contribution in [-0.4, -0.2) is 10.9 Å². The molecule has 0 saturated carbocycles. The van der Waals surface area contributed by atoms with Crippen molar-refractivity contribution in [1.29, 1.82) is 0 Å². The van der Waals surface area contributed by atoms with Crippen molar-refractivity contribution in [2.24, 2.45) is 0 Å². The number of rotatable bonds is 5. The van der Waals surface area contributed by atoms with Gasteiger partial charge in [0.15, 0.2) is 0 Å². The van der Waals surface area contributed by atoms with Gasteiger partial charge >= 0.3 is 0 Å². The molecule has 4 rings (SSSR count). The molecular formula is C24H16ClFN2OS. The van der Waals surface area contributed by atoms with Crippen LogP contribution in [0.5, 0.6) is 0 Å². The maximum Gasteiger partial charge on any atom is 0.248 e. The number of thiazole rings is 1. The molecule has 0 bridgehead atoms. The van der Waals surface area contributed by atoms with E-state index in [-0.39, 0.29) is 11.7 Å². The highest BCUT2D eigenvalue weighted by Gasteiger charge is 2.13. The molecule has 4 aromatic rings. The van der Waals surface area contributed by atoms with Gasteiger partial charge in [-0.3, -0.25) is 4.79 Å². The van der Waals surface area contributed by atoms with Gasteiger partial charge in [-0.15, -0.1) is 11.3 Å². The summed E-state index contributed by atoms with van der Waals surface area (Å²) in [6.45, 7) is 0. The molecule has 0 aliphatic rings. The van der Waals surface area contributed by atoms with Crippen LogP contribution in [-0.2, 0) is 4.79 Å². The van der Waals surface area contributed by atoms with Gasteiger partial charge in [-0.25, -0.2) is 9.37 Å². The summed E-state index contributed by atoms with van der Waals surface area (Å²) in [5.74, 6) is -0.600. The number of halogens is 2. The molecule has 1 amide bonds. The molecule has 1 heterocycles. The summed E-state index contributed by atoms with van der Waals surface area (Å²) in [5, 5.41) is 5.89. The van der Waals surface area contributed by atoms with E-state index >= 15 is 0 Å². The van der Waals surface area contributed by atoms with E-state index in [0.29, 0.717) is 27.0 Å². The minimum atomic E-state index is -0.315. The van der Waals surface area contributed by atoms with E-state index in [1.54, 1.807) is 36.4 Å². The zero-order valence-corrected chi connectivity index (χ0v) is 17.3. The van der Waals surface area contributed by atoms with E-state index in [1.807, 2.05) is 41.8 Å². The summed E-state index contributed by atoms with van der Waals surface area (Å²) in [6, 6.07) is 21.2. The Morgan fingerprint density at radius 2 is 1.67 bits per heavy atom. The molecule has 6 heteroatoms. The average Bonchev–Trinajstić information content (AvgIpc) is 3.24. The monoisotopic (exact) mass is 434 g/mol. The molecule has 0 atom stereocenters. The second kappa shape index (κ2) is 9.03. The molecule has 148 valence electrons. The van der Waals surface area contributed by atoms with Crippen molar-refractivity contribution in [2.45, 2.75) is 0 Å². The molecular weight excluding hydrogens is 419 g/mol. The molecule has 0 saturated heterocycles. The Morgan fingerprint density at radius 3 is 2.47 bits per heavy atom. The number of nitrogens with one attached hydrogen (secondary N) is 1. The van der Waals surface area contributed by atoms with Gasteiger partial charge in [0.2, 0.25) is 5.91 Å². The number of hydrogen-bond donors (Lipinski definition) is 1. The fraction of sp³-hybridized carbons (Fsp3) is 0. The van der Waals surface area contributed by atoms with Gasteiger partial charge in [0, 0.05) is 27.6 Å². The van der Waals surface area contributed by atoms with Crippen molar-refractivity contribution < 1.29 is 9.18 Å². The van der Waals surface area contributed by atoms with Crippen molar-refractivity contribution in [2.75, 3.05) is 5.32 Å². The van der Waals surface area contributed by atoms with Crippen LogP contribution in [0.15, 0.2) is 84.3 Å². The Balaban J connectivity index is 1.57. The summed E-state index contributed by atoms with van der Waals surface area (Å²) in [6.07, 6.45) is 3.10. The van der Waals surface area contributed by atoms with Crippen molar-refractivity contribution in [1.82, 2.24) is 4.98 Å². The Hall–Kier alpha value is -3.28. The smallest absolute Gasteiger partial charge is 0.248 e. The Labute approximate surface area is 182 Å². The summed E-state index contributed by atoms with van der Waals surface area (Å²) in [4.78, 5) is 17.0. The second-order valence-electron chi connectivity index (χ2n) is 6.41. The Morgan fingerprint density at radius 1 is 0.967 bits per heavy atom. The molecule has 30 heavy (non-hydrogen) atoms. The first-order valence-electron chi connectivity index (χ1n) is 9.15. The standard InChI is InChI=1S/C24H16ClFN2OS/c25-19-10-4-1-7-16(19)13-14-23(29)27-21-12-6-3-9-18(21)22-15-30-24(28-22)17-8-2-5-11-20(17)26/h1-15H,(H,27,29)/b14-13+. The van der Waals surface area contributed by atoms with E-state index in [4.69, 9.17) is 11.6 Å². The largest absolute Gasteiger partial charge is 0.322 e. The van der Waals surface area contributed by atoms with Crippen LogP contribution in [0.3, 0.4) is 0 Å². The molecule has 3 aromatic carbocycles. The summed E-state index contributed by atoms with van der Waals surface area (Å²) < 4.78 is 14.1. The first-order chi connectivity index (χ1) is 14.6. The van der Waals surface area contributed by atoms with E-state index < -0.39 is 0 Å².